The quantitative estimate of drug-likeness (QED) is 0.305. The fourth-order valence-electron chi connectivity index (χ4n) is 6.57. The van der Waals surface area contributed by atoms with Crippen LogP contribution in [-0.2, 0) is 29.8 Å². The zero-order valence-electron chi connectivity index (χ0n) is 22.9. The second-order valence-electron chi connectivity index (χ2n) is 10.9. The third-order valence-electron chi connectivity index (χ3n) is 8.60. The molecule has 2 aliphatic heterocycles. The van der Waals surface area contributed by atoms with Crippen LogP contribution in [0.2, 0.25) is 0 Å². The lowest BCUT2D eigenvalue weighted by molar-refractivity contribution is -0.348. The first kappa shape index (κ1) is 33.5. The van der Waals surface area contributed by atoms with Gasteiger partial charge < -0.3 is 15.3 Å². The van der Waals surface area contributed by atoms with Crippen LogP contribution >= 0.6 is 0 Å². The van der Waals surface area contributed by atoms with Gasteiger partial charge in [-0.3, -0.25) is 9.59 Å². The predicted molar refractivity (Wildman–Crippen MR) is 140 cm³/mol. The number of carboxylic acid groups (broad SMARTS) is 1. The van der Waals surface area contributed by atoms with Crippen molar-refractivity contribution >= 4 is 27.9 Å². The van der Waals surface area contributed by atoms with Crippen LogP contribution in [0, 0.1) is 11.7 Å². The average molecular weight is 657 g/mol. The molecular formula is C28H28F8N2O5S. The van der Waals surface area contributed by atoms with E-state index in [1.165, 1.54) is 4.90 Å². The predicted octanol–water partition coefficient (Wildman–Crippen LogP) is 6.09. The molecule has 1 amide bonds. The third-order valence-corrected chi connectivity index (χ3v) is 11.1. The monoisotopic (exact) mass is 656 g/mol. The normalized spacial score (nSPS) is 22.6. The van der Waals surface area contributed by atoms with E-state index in [1.54, 1.807) is 0 Å². The largest absolute Gasteiger partial charge is 0.483 e. The van der Waals surface area contributed by atoms with E-state index in [0.29, 0.717) is 18.9 Å². The molecular weight excluding hydrogens is 628 g/mol. The Morgan fingerprint density at radius 1 is 0.977 bits per heavy atom. The highest BCUT2D eigenvalue weighted by Gasteiger charge is 2.74. The van der Waals surface area contributed by atoms with Crippen molar-refractivity contribution < 1.29 is 58.2 Å². The Morgan fingerprint density at radius 2 is 1.59 bits per heavy atom. The molecule has 16 heteroatoms. The number of sulfone groups is 1. The molecule has 0 radical (unpaired) electrons. The molecule has 242 valence electrons. The van der Waals surface area contributed by atoms with E-state index in [1.807, 2.05) is 0 Å². The number of hydrogen-bond acceptors (Lipinski definition) is 5. The number of amides is 1. The number of anilines is 1. The second-order valence-corrected chi connectivity index (χ2v) is 13.1. The highest BCUT2D eigenvalue weighted by molar-refractivity contribution is 7.92. The topological polar surface area (TPSA) is 104 Å². The van der Waals surface area contributed by atoms with Crippen molar-refractivity contribution in [2.24, 2.45) is 5.92 Å². The maximum Gasteiger partial charge on any atom is 0.435 e. The number of hydrogen-bond donors (Lipinski definition) is 2. The number of benzene rings is 2. The molecule has 2 aromatic rings. The minimum Gasteiger partial charge on any atom is -0.483 e. The molecule has 2 fully saturated rings. The molecule has 0 aromatic heterocycles. The van der Waals surface area contributed by atoms with Gasteiger partial charge in [0.25, 0.3) is 6.47 Å². The molecule has 7 nitrogen and oxygen atoms in total. The van der Waals surface area contributed by atoms with Crippen molar-refractivity contribution in [2.75, 3.05) is 18.4 Å². The first-order valence-electron chi connectivity index (χ1n) is 13.6. The molecule has 2 unspecified atom stereocenters. The number of nitrogens with one attached hydrogen (secondary N) is 1. The summed E-state index contributed by atoms with van der Waals surface area (Å²) >= 11 is 0. The molecule has 5 rings (SSSR count). The van der Waals surface area contributed by atoms with Gasteiger partial charge >= 0.3 is 18.0 Å². The number of halogens is 8. The molecule has 2 aromatic carbocycles. The lowest BCUT2D eigenvalue weighted by atomic mass is 9.83. The van der Waals surface area contributed by atoms with Gasteiger partial charge in [0.05, 0.1) is 10.9 Å². The molecule has 0 spiro atoms. The number of carbonyl (C=O) groups excluding carboxylic acids is 1. The summed E-state index contributed by atoms with van der Waals surface area (Å²) in [7, 11) is -4.61. The van der Waals surface area contributed by atoms with Crippen LogP contribution < -0.4 is 5.32 Å². The van der Waals surface area contributed by atoms with E-state index >= 15 is 0 Å². The van der Waals surface area contributed by atoms with E-state index in [9.17, 15) is 48.3 Å². The first-order valence-corrected chi connectivity index (χ1v) is 15.1. The fraction of sp³-hybridized carbons (Fsp3) is 0.500. The lowest BCUT2D eigenvalue weighted by Crippen LogP contribution is -2.56. The molecule has 3 aliphatic rings. The summed E-state index contributed by atoms with van der Waals surface area (Å²) in [5.41, 5.74) is -8.15. The zero-order chi connectivity index (χ0) is 32.7. The second kappa shape index (κ2) is 11.8. The van der Waals surface area contributed by atoms with Crippen molar-refractivity contribution in [2.45, 2.75) is 72.2 Å². The Kier molecular flexibility index (Phi) is 8.99. The van der Waals surface area contributed by atoms with E-state index in [-0.39, 0.29) is 49.4 Å². The number of nitrogens with zero attached hydrogens (tertiary/aromatic N) is 1. The van der Waals surface area contributed by atoms with E-state index in [0.717, 1.165) is 49.6 Å². The van der Waals surface area contributed by atoms with Gasteiger partial charge in [-0.15, -0.1) is 0 Å². The molecule has 2 atom stereocenters. The highest BCUT2D eigenvalue weighted by atomic mass is 32.2. The highest BCUT2D eigenvalue weighted by Crippen LogP contribution is 2.57. The van der Waals surface area contributed by atoms with Crippen LogP contribution in [-0.4, -0.2) is 62.3 Å². The van der Waals surface area contributed by atoms with Gasteiger partial charge in [-0.1, -0.05) is 37.5 Å². The van der Waals surface area contributed by atoms with Crippen LogP contribution in [0.15, 0.2) is 47.4 Å². The average Bonchev–Trinajstić information content (AvgIpc) is 3.37. The van der Waals surface area contributed by atoms with Crippen LogP contribution in [0.5, 0.6) is 0 Å². The Balaban J connectivity index is 0.00000141. The van der Waals surface area contributed by atoms with Gasteiger partial charge in [0.15, 0.2) is 9.84 Å². The minimum absolute atomic E-state index is 0.0600. The van der Waals surface area contributed by atoms with E-state index in [4.69, 9.17) is 9.90 Å². The summed E-state index contributed by atoms with van der Waals surface area (Å²) < 4.78 is 136. The molecule has 2 N–H and O–H groups in total. The van der Waals surface area contributed by atoms with Crippen LogP contribution in [0.3, 0.4) is 0 Å². The van der Waals surface area contributed by atoms with Crippen molar-refractivity contribution in [3.63, 3.8) is 0 Å². The SMILES string of the molecule is O=C(C1CCCCC1)N1CCC2(S(=O)(=O)c3cccc(F)c3)c3ccc(C(F)(C(F)(F)F)C(F)(F)F)cc3NCC12.O=CO. The minimum atomic E-state index is -6.36. The third kappa shape index (κ3) is 5.28. The van der Waals surface area contributed by atoms with Crippen LogP contribution in [0.4, 0.5) is 40.8 Å². The summed E-state index contributed by atoms with van der Waals surface area (Å²) in [4.78, 5) is 22.9. The maximum atomic E-state index is 14.9. The summed E-state index contributed by atoms with van der Waals surface area (Å²) in [5, 5.41) is 9.55. The van der Waals surface area contributed by atoms with Gasteiger partial charge in [-0.25, -0.2) is 17.2 Å². The standard InChI is InChI=1S/C27H26F8N2O3S.CH2O2/c28-18-7-4-8-19(14-18)41(39,40)24-11-12-37(23(38)16-5-2-1-3-6-16)22(24)15-36-21-13-17(9-10-20(21)24)25(29,26(30,31)32)27(33,34)35;2-1-3/h4,7-10,13-14,16,22,36H,1-3,5-6,11-12,15H2;1H,(H,2,3). The van der Waals surface area contributed by atoms with E-state index in [2.05, 4.69) is 5.32 Å². The summed E-state index contributed by atoms with van der Waals surface area (Å²) in [6.45, 7) is -0.656. The van der Waals surface area contributed by atoms with Gasteiger partial charge in [0.1, 0.15) is 10.6 Å². The zero-order valence-corrected chi connectivity index (χ0v) is 23.7. The molecule has 1 saturated heterocycles. The van der Waals surface area contributed by atoms with Crippen LogP contribution in [0.1, 0.15) is 49.7 Å². The first-order chi connectivity index (χ1) is 20.5. The van der Waals surface area contributed by atoms with Crippen molar-refractivity contribution in [1.82, 2.24) is 4.90 Å². The number of carbonyl (C=O) groups is 2. The summed E-state index contributed by atoms with van der Waals surface area (Å²) in [6.07, 6.45) is -9.18. The van der Waals surface area contributed by atoms with Crippen molar-refractivity contribution in [3.8, 4) is 0 Å². The number of fused-ring (bicyclic) bond motifs is 3. The Bertz CT molecular complexity index is 1490. The molecule has 1 aliphatic carbocycles. The Hall–Kier alpha value is -3.43. The van der Waals surface area contributed by atoms with Crippen molar-refractivity contribution in [3.05, 3.63) is 59.4 Å². The number of likely N-dealkylation sites (tertiary alicyclic amines) is 1. The van der Waals surface area contributed by atoms with Crippen molar-refractivity contribution in [1.29, 1.82) is 0 Å². The van der Waals surface area contributed by atoms with E-state index < -0.39 is 60.6 Å². The molecule has 1 saturated carbocycles. The van der Waals surface area contributed by atoms with Crippen LogP contribution in [0.25, 0.3) is 0 Å². The van der Waals surface area contributed by atoms with Gasteiger partial charge in [-0.2, -0.15) is 26.3 Å². The lowest BCUT2D eigenvalue weighted by Gasteiger charge is -2.44. The maximum absolute atomic E-state index is 14.9. The molecule has 0 bridgehead atoms. The smallest absolute Gasteiger partial charge is 0.435 e. The van der Waals surface area contributed by atoms with Gasteiger partial charge in [0, 0.05) is 30.3 Å². The fourth-order valence-corrected chi connectivity index (χ4v) is 8.91. The summed E-state index contributed by atoms with van der Waals surface area (Å²) in [6, 6.07) is 4.29. The molecule has 44 heavy (non-hydrogen) atoms. The van der Waals surface area contributed by atoms with Gasteiger partial charge in [-0.05, 0) is 49.1 Å². The number of rotatable bonds is 4. The Labute approximate surface area is 247 Å². The van der Waals surface area contributed by atoms with Gasteiger partial charge in [0.2, 0.25) is 5.91 Å². The summed E-state index contributed by atoms with van der Waals surface area (Å²) in [5.74, 6) is -1.52. The molecule has 2 heterocycles. The Morgan fingerprint density at radius 3 is 2.16 bits per heavy atom. The number of alkyl halides is 7.